The molecule has 0 bridgehead atoms. The predicted octanol–water partition coefficient (Wildman–Crippen LogP) is 2.42. The van der Waals surface area contributed by atoms with E-state index in [1.165, 1.54) is 25.7 Å². The van der Waals surface area contributed by atoms with Crippen LogP contribution in [0.15, 0.2) is 11.6 Å². The van der Waals surface area contributed by atoms with Crippen LogP contribution >= 0.6 is 0 Å². The van der Waals surface area contributed by atoms with Crippen LogP contribution in [0, 0.1) is 0 Å². The Labute approximate surface area is 129 Å². The molecule has 0 spiro atoms. The first-order valence-electron chi connectivity index (χ1n) is 8.41. The lowest BCUT2D eigenvalue weighted by atomic mass is 9.98. The molecule has 1 heterocycles. The molecule has 1 saturated heterocycles. The summed E-state index contributed by atoms with van der Waals surface area (Å²) in [4.78, 5) is 2.49. The van der Waals surface area contributed by atoms with Gasteiger partial charge in [-0.05, 0) is 71.4 Å². The number of piperidine rings is 1. The largest absolute Gasteiger partial charge is 0.299 e. The standard InChI is InChI=1S/C16H28N2O2S/c1-16(9-10-16)21(19,20)17-15-7-11-18(12-8-15)13-14-5-3-2-4-6-14/h5,15,17H,2-4,6-13H2,1H3. The van der Waals surface area contributed by atoms with Gasteiger partial charge in [-0.25, -0.2) is 13.1 Å². The maximum atomic E-state index is 12.2. The molecule has 2 aliphatic carbocycles. The van der Waals surface area contributed by atoms with E-state index in [2.05, 4.69) is 15.7 Å². The number of nitrogens with one attached hydrogen (secondary N) is 1. The molecule has 0 radical (unpaired) electrons. The quantitative estimate of drug-likeness (QED) is 0.793. The van der Waals surface area contributed by atoms with E-state index in [0.717, 1.165) is 45.3 Å². The van der Waals surface area contributed by atoms with Crippen molar-refractivity contribution >= 4 is 10.0 Å². The van der Waals surface area contributed by atoms with Crippen molar-refractivity contribution < 1.29 is 8.42 Å². The van der Waals surface area contributed by atoms with Crippen molar-refractivity contribution in [3.8, 4) is 0 Å². The zero-order chi connectivity index (χ0) is 14.9. The number of hydrogen-bond acceptors (Lipinski definition) is 3. The van der Waals surface area contributed by atoms with E-state index in [1.54, 1.807) is 5.57 Å². The summed E-state index contributed by atoms with van der Waals surface area (Å²) < 4.78 is 27.0. The summed E-state index contributed by atoms with van der Waals surface area (Å²) >= 11 is 0. The van der Waals surface area contributed by atoms with Crippen LogP contribution in [0.4, 0.5) is 0 Å². The van der Waals surface area contributed by atoms with Crippen LogP contribution in [-0.2, 0) is 10.0 Å². The Morgan fingerprint density at radius 3 is 2.57 bits per heavy atom. The Kier molecular flexibility index (Phi) is 4.44. The van der Waals surface area contributed by atoms with Crippen molar-refractivity contribution in [2.24, 2.45) is 0 Å². The number of hydrogen-bond donors (Lipinski definition) is 1. The maximum absolute atomic E-state index is 12.2. The molecule has 0 aromatic heterocycles. The van der Waals surface area contributed by atoms with Crippen LogP contribution in [0.1, 0.15) is 58.3 Å². The fraction of sp³-hybridized carbons (Fsp3) is 0.875. The Hall–Kier alpha value is -0.390. The van der Waals surface area contributed by atoms with Gasteiger partial charge in [0.1, 0.15) is 0 Å². The Morgan fingerprint density at radius 2 is 2.00 bits per heavy atom. The second-order valence-corrected chi connectivity index (χ2v) is 9.46. The fourth-order valence-electron chi connectivity index (χ4n) is 3.35. The second-order valence-electron chi connectivity index (χ2n) is 7.23. The molecule has 1 aliphatic heterocycles. The third-order valence-corrected chi connectivity index (χ3v) is 7.67. The van der Waals surface area contributed by atoms with Gasteiger partial charge < -0.3 is 0 Å². The number of rotatable bonds is 5. The van der Waals surface area contributed by atoms with Gasteiger partial charge in [-0.15, -0.1) is 0 Å². The molecule has 21 heavy (non-hydrogen) atoms. The smallest absolute Gasteiger partial charge is 0.217 e. The van der Waals surface area contributed by atoms with Gasteiger partial charge >= 0.3 is 0 Å². The average molecular weight is 312 g/mol. The van der Waals surface area contributed by atoms with Crippen molar-refractivity contribution in [1.82, 2.24) is 9.62 Å². The van der Waals surface area contributed by atoms with E-state index in [-0.39, 0.29) is 6.04 Å². The molecule has 3 aliphatic rings. The third-order valence-electron chi connectivity index (χ3n) is 5.32. The highest BCUT2D eigenvalue weighted by molar-refractivity contribution is 7.91. The number of allylic oxidation sites excluding steroid dienone is 1. The highest BCUT2D eigenvalue weighted by Gasteiger charge is 2.50. The Morgan fingerprint density at radius 1 is 1.29 bits per heavy atom. The summed E-state index contributed by atoms with van der Waals surface area (Å²) in [6.45, 7) is 4.99. The molecule has 0 aromatic carbocycles. The van der Waals surface area contributed by atoms with Crippen molar-refractivity contribution in [3.63, 3.8) is 0 Å². The molecule has 0 amide bonds. The molecular formula is C16H28N2O2S. The lowest BCUT2D eigenvalue weighted by Crippen LogP contribution is -2.47. The SMILES string of the molecule is CC1(S(=O)(=O)NC2CCN(CC3=CCCCC3)CC2)CC1. The van der Waals surface area contributed by atoms with Crippen molar-refractivity contribution in [2.75, 3.05) is 19.6 Å². The van der Waals surface area contributed by atoms with Gasteiger partial charge in [0.2, 0.25) is 10.0 Å². The molecule has 0 unspecified atom stereocenters. The highest BCUT2D eigenvalue weighted by Crippen LogP contribution is 2.42. The zero-order valence-corrected chi connectivity index (χ0v) is 13.9. The molecular weight excluding hydrogens is 284 g/mol. The van der Waals surface area contributed by atoms with Gasteiger partial charge in [0.15, 0.2) is 0 Å². The first kappa shape index (κ1) is 15.5. The summed E-state index contributed by atoms with van der Waals surface area (Å²) in [6.07, 6.45) is 11.1. The van der Waals surface area contributed by atoms with E-state index < -0.39 is 14.8 Å². The Balaban J connectivity index is 1.46. The minimum absolute atomic E-state index is 0.143. The van der Waals surface area contributed by atoms with Gasteiger partial charge in [-0.2, -0.15) is 0 Å². The Bertz CT molecular complexity index is 500. The third kappa shape index (κ3) is 3.69. The highest BCUT2D eigenvalue weighted by atomic mass is 32.2. The number of nitrogens with zero attached hydrogens (tertiary/aromatic N) is 1. The molecule has 4 nitrogen and oxygen atoms in total. The van der Waals surface area contributed by atoms with E-state index in [0.29, 0.717) is 0 Å². The molecule has 120 valence electrons. The number of sulfonamides is 1. The molecule has 5 heteroatoms. The van der Waals surface area contributed by atoms with Crippen molar-refractivity contribution in [2.45, 2.75) is 69.1 Å². The monoisotopic (exact) mass is 312 g/mol. The molecule has 1 N–H and O–H groups in total. The summed E-state index contributed by atoms with van der Waals surface area (Å²) in [5.41, 5.74) is 1.59. The van der Waals surface area contributed by atoms with Crippen molar-refractivity contribution in [1.29, 1.82) is 0 Å². The number of likely N-dealkylation sites (tertiary alicyclic amines) is 1. The normalized spacial score (nSPS) is 27.4. The molecule has 0 aromatic rings. The van der Waals surface area contributed by atoms with Crippen molar-refractivity contribution in [3.05, 3.63) is 11.6 Å². The zero-order valence-electron chi connectivity index (χ0n) is 13.1. The van der Waals surface area contributed by atoms with Gasteiger partial charge in [0.05, 0.1) is 4.75 Å². The topological polar surface area (TPSA) is 49.4 Å². The molecule has 1 saturated carbocycles. The molecule has 0 atom stereocenters. The second kappa shape index (κ2) is 6.01. The maximum Gasteiger partial charge on any atom is 0.217 e. The summed E-state index contributed by atoms with van der Waals surface area (Å²) in [5.74, 6) is 0. The van der Waals surface area contributed by atoms with Gasteiger partial charge in [0, 0.05) is 12.6 Å². The van der Waals surface area contributed by atoms with Crippen LogP contribution in [-0.4, -0.2) is 43.7 Å². The van der Waals surface area contributed by atoms with E-state index in [9.17, 15) is 8.42 Å². The van der Waals surface area contributed by atoms with E-state index in [1.807, 2.05) is 6.92 Å². The lowest BCUT2D eigenvalue weighted by Gasteiger charge is -2.33. The van der Waals surface area contributed by atoms with Crippen LogP contribution < -0.4 is 4.72 Å². The van der Waals surface area contributed by atoms with Crippen LogP contribution in [0.2, 0.25) is 0 Å². The molecule has 2 fully saturated rings. The van der Waals surface area contributed by atoms with Gasteiger partial charge in [0.25, 0.3) is 0 Å². The van der Waals surface area contributed by atoms with Crippen LogP contribution in [0.5, 0.6) is 0 Å². The average Bonchev–Trinajstić information content (AvgIpc) is 3.22. The first-order valence-corrected chi connectivity index (χ1v) is 9.89. The molecule has 3 rings (SSSR count). The summed E-state index contributed by atoms with van der Waals surface area (Å²) in [7, 11) is -3.11. The van der Waals surface area contributed by atoms with Gasteiger partial charge in [-0.1, -0.05) is 11.6 Å². The lowest BCUT2D eigenvalue weighted by molar-refractivity contribution is 0.219. The first-order chi connectivity index (χ1) is 9.98. The predicted molar refractivity (Wildman–Crippen MR) is 85.7 cm³/mol. The van der Waals surface area contributed by atoms with Gasteiger partial charge in [-0.3, -0.25) is 4.90 Å². The minimum Gasteiger partial charge on any atom is -0.299 e. The minimum atomic E-state index is -3.11. The van der Waals surface area contributed by atoms with E-state index in [4.69, 9.17) is 0 Å². The van der Waals surface area contributed by atoms with Crippen LogP contribution in [0.3, 0.4) is 0 Å². The fourth-order valence-corrected chi connectivity index (χ4v) is 4.95. The summed E-state index contributed by atoms with van der Waals surface area (Å²) in [5, 5.41) is 0. The van der Waals surface area contributed by atoms with E-state index >= 15 is 0 Å². The summed E-state index contributed by atoms with van der Waals surface area (Å²) in [6, 6.07) is 0.143. The van der Waals surface area contributed by atoms with Crippen LogP contribution in [0.25, 0.3) is 0 Å².